The molecule has 0 spiro atoms. The number of carbonyl (C=O) groups excluding carboxylic acids is 1. The van der Waals surface area contributed by atoms with Crippen LogP contribution in [0.1, 0.15) is 25.0 Å². The molecule has 0 atom stereocenters. The van der Waals surface area contributed by atoms with E-state index in [-0.39, 0.29) is 5.78 Å². The van der Waals surface area contributed by atoms with E-state index in [1.165, 1.54) is 27.5 Å². The Labute approximate surface area is 107 Å². The van der Waals surface area contributed by atoms with Crippen LogP contribution in [0.5, 0.6) is 0 Å². The molecular formula is C12H10OS3. The van der Waals surface area contributed by atoms with E-state index < -0.39 is 0 Å². The number of hydrogen-bond acceptors (Lipinski definition) is 4. The molecule has 16 heavy (non-hydrogen) atoms. The number of thioether (sulfide) groups is 1. The van der Waals surface area contributed by atoms with Gasteiger partial charge < -0.3 is 0 Å². The van der Waals surface area contributed by atoms with Crippen LogP contribution in [0.2, 0.25) is 0 Å². The van der Waals surface area contributed by atoms with E-state index in [4.69, 9.17) is 0 Å². The summed E-state index contributed by atoms with van der Waals surface area (Å²) in [6.45, 7) is 0. The van der Waals surface area contributed by atoms with E-state index >= 15 is 0 Å². The molecule has 0 bridgehead atoms. The van der Waals surface area contributed by atoms with Gasteiger partial charge in [-0.15, -0.1) is 22.7 Å². The van der Waals surface area contributed by atoms with Crippen LogP contribution in [0.25, 0.3) is 0 Å². The number of hydrogen-bond donors (Lipinski definition) is 0. The predicted octanol–water partition coefficient (Wildman–Crippen LogP) is 3.83. The van der Waals surface area contributed by atoms with Crippen molar-refractivity contribution in [3.05, 3.63) is 43.8 Å². The minimum atomic E-state index is 0.194. The summed E-state index contributed by atoms with van der Waals surface area (Å²) in [6.07, 6.45) is 1.13. The molecule has 0 aliphatic carbocycles. The number of carbonyl (C=O) groups is 1. The quantitative estimate of drug-likeness (QED) is 0.768. The first-order chi connectivity index (χ1) is 7.84. The number of aryl methyl sites for hydroxylation is 1. The minimum absolute atomic E-state index is 0.194. The zero-order chi connectivity index (χ0) is 11.0. The molecule has 0 fully saturated rings. The Morgan fingerprint density at radius 3 is 3.00 bits per heavy atom. The highest BCUT2D eigenvalue weighted by Gasteiger charge is 2.18. The zero-order valence-electron chi connectivity index (χ0n) is 8.56. The van der Waals surface area contributed by atoms with E-state index in [2.05, 4.69) is 6.07 Å². The molecule has 0 N–H and O–H groups in total. The Kier molecular flexibility index (Phi) is 2.88. The van der Waals surface area contributed by atoms with E-state index in [0.29, 0.717) is 0 Å². The largest absolute Gasteiger partial charge is 0.287 e. The van der Waals surface area contributed by atoms with Gasteiger partial charge in [-0.25, -0.2) is 0 Å². The lowest BCUT2D eigenvalue weighted by Gasteiger charge is -2.08. The molecule has 0 amide bonds. The minimum Gasteiger partial charge on any atom is -0.287 e. The lowest BCUT2D eigenvalue weighted by Crippen LogP contribution is -1.96. The fourth-order valence-corrected chi connectivity index (χ4v) is 4.86. The number of rotatable bonds is 2. The van der Waals surface area contributed by atoms with Crippen LogP contribution in [0.3, 0.4) is 0 Å². The first kappa shape index (κ1) is 10.6. The van der Waals surface area contributed by atoms with Crippen molar-refractivity contribution in [1.82, 2.24) is 0 Å². The molecule has 1 aliphatic heterocycles. The van der Waals surface area contributed by atoms with Gasteiger partial charge in [0.15, 0.2) is 0 Å². The van der Waals surface area contributed by atoms with Gasteiger partial charge in [0, 0.05) is 10.6 Å². The molecule has 0 unspecified atom stereocenters. The van der Waals surface area contributed by atoms with Crippen molar-refractivity contribution in [3.63, 3.8) is 0 Å². The Balaban J connectivity index is 1.95. The van der Waals surface area contributed by atoms with Crippen molar-refractivity contribution in [2.24, 2.45) is 0 Å². The summed E-state index contributed by atoms with van der Waals surface area (Å²) >= 11 is 5.17. The Hall–Kier alpha value is -0.580. The van der Waals surface area contributed by atoms with Crippen molar-refractivity contribution in [3.8, 4) is 0 Å². The lowest BCUT2D eigenvalue weighted by atomic mass is 10.2. The summed E-state index contributed by atoms with van der Waals surface area (Å²) in [6, 6.07) is 5.93. The third-order valence-electron chi connectivity index (χ3n) is 2.60. The third kappa shape index (κ3) is 1.85. The predicted molar refractivity (Wildman–Crippen MR) is 71.9 cm³/mol. The molecule has 0 saturated carbocycles. The number of fused-ring (bicyclic) bond motifs is 1. The fourth-order valence-electron chi connectivity index (χ4n) is 1.79. The molecule has 1 aliphatic rings. The van der Waals surface area contributed by atoms with Crippen LogP contribution in [-0.4, -0.2) is 11.5 Å². The van der Waals surface area contributed by atoms with Crippen LogP contribution >= 0.6 is 34.4 Å². The molecule has 2 aromatic rings. The van der Waals surface area contributed by atoms with Crippen LogP contribution in [-0.2, 0) is 12.2 Å². The first-order valence-corrected chi connectivity index (χ1v) is 7.97. The summed E-state index contributed by atoms with van der Waals surface area (Å²) in [7, 11) is 0. The Morgan fingerprint density at radius 2 is 2.25 bits per heavy atom. The second-order valence-electron chi connectivity index (χ2n) is 3.67. The van der Waals surface area contributed by atoms with E-state index in [1.54, 1.807) is 11.3 Å². The molecule has 0 radical (unpaired) electrons. The van der Waals surface area contributed by atoms with Gasteiger partial charge in [0.2, 0.25) is 5.78 Å². The number of thiophene rings is 2. The second kappa shape index (κ2) is 4.35. The highest BCUT2D eigenvalue weighted by atomic mass is 32.2. The van der Waals surface area contributed by atoms with Crippen molar-refractivity contribution < 1.29 is 4.79 Å². The monoisotopic (exact) mass is 266 g/mol. The van der Waals surface area contributed by atoms with Crippen LogP contribution in [0.4, 0.5) is 0 Å². The third-order valence-corrected chi connectivity index (χ3v) is 5.71. The van der Waals surface area contributed by atoms with Gasteiger partial charge in [-0.2, -0.15) is 11.8 Å². The standard InChI is InChI=1S/C12H10OS3/c13-12(10-2-1-4-15-10)11-6-8-7-14-5-3-9(8)16-11/h1-2,4,6H,3,5,7H2. The average molecular weight is 266 g/mol. The Morgan fingerprint density at radius 1 is 1.31 bits per heavy atom. The average Bonchev–Trinajstić information content (AvgIpc) is 2.97. The van der Waals surface area contributed by atoms with Gasteiger partial charge in [0.1, 0.15) is 0 Å². The van der Waals surface area contributed by atoms with Crippen molar-refractivity contribution in [2.75, 3.05) is 5.75 Å². The molecule has 0 aromatic carbocycles. The van der Waals surface area contributed by atoms with Gasteiger partial charge in [0.25, 0.3) is 0 Å². The maximum absolute atomic E-state index is 12.1. The topological polar surface area (TPSA) is 17.1 Å². The summed E-state index contributed by atoms with van der Waals surface area (Å²) in [5.41, 5.74) is 1.38. The molecule has 82 valence electrons. The van der Waals surface area contributed by atoms with Crippen molar-refractivity contribution in [2.45, 2.75) is 12.2 Å². The number of ketones is 1. The SMILES string of the molecule is O=C(c1cccs1)c1cc2c(s1)CCSC2. The lowest BCUT2D eigenvalue weighted by molar-refractivity contribution is 0.104. The van der Waals surface area contributed by atoms with E-state index in [0.717, 1.165) is 21.9 Å². The first-order valence-electron chi connectivity index (χ1n) is 5.12. The molecule has 2 aromatic heterocycles. The van der Waals surface area contributed by atoms with Gasteiger partial charge >= 0.3 is 0 Å². The summed E-state index contributed by atoms with van der Waals surface area (Å²) in [5, 5.41) is 1.95. The van der Waals surface area contributed by atoms with E-state index in [1.807, 2.05) is 29.3 Å². The molecule has 3 rings (SSSR count). The molecule has 1 nitrogen and oxygen atoms in total. The van der Waals surface area contributed by atoms with Gasteiger partial charge in [-0.1, -0.05) is 6.07 Å². The normalized spacial score (nSPS) is 14.8. The van der Waals surface area contributed by atoms with Crippen LogP contribution in [0.15, 0.2) is 23.6 Å². The van der Waals surface area contributed by atoms with Crippen molar-refractivity contribution in [1.29, 1.82) is 0 Å². The fraction of sp³-hybridized carbons (Fsp3) is 0.250. The van der Waals surface area contributed by atoms with E-state index in [9.17, 15) is 4.79 Å². The maximum Gasteiger partial charge on any atom is 0.212 e. The van der Waals surface area contributed by atoms with Crippen LogP contribution in [0, 0.1) is 0 Å². The summed E-state index contributed by atoms with van der Waals surface area (Å²) in [5.74, 6) is 2.46. The highest BCUT2D eigenvalue weighted by Crippen LogP contribution is 2.33. The molecule has 3 heterocycles. The Bertz CT molecular complexity index is 487. The molecular weight excluding hydrogens is 256 g/mol. The zero-order valence-corrected chi connectivity index (χ0v) is 11.0. The molecule has 4 heteroatoms. The van der Waals surface area contributed by atoms with Crippen molar-refractivity contribution >= 4 is 40.2 Å². The summed E-state index contributed by atoms with van der Waals surface area (Å²) in [4.78, 5) is 15.3. The smallest absolute Gasteiger partial charge is 0.212 e. The molecule has 0 saturated heterocycles. The summed E-state index contributed by atoms with van der Waals surface area (Å²) < 4.78 is 0. The van der Waals surface area contributed by atoms with Gasteiger partial charge in [0.05, 0.1) is 9.75 Å². The van der Waals surface area contributed by atoms with Gasteiger partial charge in [-0.3, -0.25) is 4.79 Å². The van der Waals surface area contributed by atoms with Gasteiger partial charge in [-0.05, 0) is 35.2 Å². The highest BCUT2D eigenvalue weighted by molar-refractivity contribution is 7.98. The maximum atomic E-state index is 12.1. The van der Waals surface area contributed by atoms with Crippen LogP contribution < -0.4 is 0 Å². The second-order valence-corrected chi connectivity index (χ2v) is 6.86.